The summed E-state index contributed by atoms with van der Waals surface area (Å²) in [6.45, 7) is 3.88. The molecule has 3 atom stereocenters. The van der Waals surface area contributed by atoms with Gasteiger partial charge in [-0.05, 0) is 104 Å². The number of anilines is 3. The Morgan fingerprint density at radius 3 is 2.54 bits per heavy atom. The fourth-order valence-corrected chi connectivity index (χ4v) is 9.01. The molecule has 1 aromatic heterocycles. The summed E-state index contributed by atoms with van der Waals surface area (Å²) >= 11 is 0. The van der Waals surface area contributed by atoms with Crippen molar-refractivity contribution in [1.82, 2.24) is 14.8 Å². The quantitative estimate of drug-likeness (QED) is 0.134. The summed E-state index contributed by atoms with van der Waals surface area (Å²) in [5.41, 5.74) is 13.6. The molecule has 8 rings (SSSR count). The number of amides is 3. The van der Waals surface area contributed by atoms with E-state index in [1.807, 2.05) is 49.4 Å². The van der Waals surface area contributed by atoms with E-state index in [-0.39, 0.29) is 43.9 Å². The van der Waals surface area contributed by atoms with Gasteiger partial charge in [0.05, 0.1) is 22.8 Å². The van der Waals surface area contributed by atoms with Crippen LogP contribution < -0.4 is 26.4 Å². The van der Waals surface area contributed by atoms with Gasteiger partial charge < -0.3 is 25.0 Å². The van der Waals surface area contributed by atoms with E-state index in [9.17, 15) is 19.2 Å². The number of halogens is 2. The number of benzene rings is 3. The molecule has 14 heteroatoms. The molecule has 3 amide bonds. The monoisotopic (exact) mass is 781 g/mol. The minimum absolute atomic E-state index is 0. The molecule has 0 aliphatic carbocycles. The number of carbonyl (C=O) groups is 3. The minimum Gasteiger partial charge on any atom is -0.404 e. The zero-order chi connectivity index (χ0) is 39.4. The van der Waals surface area contributed by atoms with E-state index in [1.165, 1.54) is 17.2 Å². The third-order valence-electron chi connectivity index (χ3n) is 11.7. The number of hydrogen-bond donors (Lipinski definition) is 2. The Labute approximate surface area is 326 Å². The molecule has 3 aromatic carbocycles. The van der Waals surface area contributed by atoms with Crippen LogP contribution >= 0.6 is 9.24 Å². The zero-order valence-corrected chi connectivity index (χ0v) is 32.5. The average molecular weight is 782 g/mol. The summed E-state index contributed by atoms with van der Waals surface area (Å²) in [7, 11) is 4.05. The molecule has 0 saturated carbocycles. The van der Waals surface area contributed by atoms with Gasteiger partial charge in [0.2, 0.25) is 11.8 Å². The molecule has 5 heterocycles. The number of allylic oxidation sites excluding steroid dienone is 1. The average Bonchev–Trinajstić information content (AvgIpc) is 3.52. The SMILES string of the molecule is Cc1cc2c(N3CCCc4cc(/C(C=NC5CCN(c6cc(F)c7c(c6)CN(C6CCC(=O)NC6=O)C7=O)CC5)=C/N)c(C(F)P)cc43)cccc2n(C)c1=O.[HH]. The predicted octanol–water partition coefficient (Wildman–Crippen LogP) is 5.96. The van der Waals surface area contributed by atoms with Gasteiger partial charge in [-0.2, -0.15) is 0 Å². The number of aryl methyl sites for hydroxylation is 3. The van der Waals surface area contributed by atoms with Crippen LogP contribution in [0.25, 0.3) is 16.5 Å². The lowest BCUT2D eigenvalue weighted by Crippen LogP contribution is -2.52. The summed E-state index contributed by atoms with van der Waals surface area (Å²) < 4.78 is 32.6. The molecule has 4 aliphatic rings. The molecule has 0 bridgehead atoms. The number of alkyl halides is 1. The second-order valence-electron chi connectivity index (χ2n) is 15.1. The first-order chi connectivity index (χ1) is 26.9. The Bertz CT molecular complexity index is 2430. The van der Waals surface area contributed by atoms with Crippen LogP contribution in [-0.2, 0) is 29.6 Å². The molecular formula is C42H46F2N7O4P. The largest absolute Gasteiger partial charge is 0.404 e. The van der Waals surface area contributed by atoms with Crippen molar-refractivity contribution in [3.05, 3.63) is 104 Å². The molecule has 56 heavy (non-hydrogen) atoms. The Hall–Kier alpha value is -5.42. The number of imide groups is 1. The van der Waals surface area contributed by atoms with Crippen molar-refractivity contribution in [1.29, 1.82) is 0 Å². The van der Waals surface area contributed by atoms with Crippen LogP contribution in [0.1, 0.15) is 77.6 Å². The van der Waals surface area contributed by atoms with Crippen molar-refractivity contribution in [2.75, 3.05) is 29.4 Å². The first-order valence-corrected chi connectivity index (χ1v) is 19.7. The minimum atomic E-state index is -1.36. The number of aliphatic imine (C=N–C) groups is 1. The number of fused-ring (bicyclic) bond motifs is 3. The predicted molar refractivity (Wildman–Crippen MR) is 220 cm³/mol. The van der Waals surface area contributed by atoms with Gasteiger partial charge in [0.25, 0.3) is 11.5 Å². The fourth-order valence-electron chi connectivity index (χ4n) is 8.73. The number of carbonyl (C=O) groups excluding carboxylic acids is 3. The number of piperidine rings is 2. The molecular weight excluding hydrogens is 735 g/mol. The molecule has 2 fully saturated rings. The molecule has 4 aromatic rings. The number of nitrogens with zero attached hydrogens (tertiary/aromatic N) is 5. The summed E-state index contributed by atoms with van der Waals surface area (Å²) in [6, 6.07) is 14.2. The van der Waals surface area contributed by atoms with E-state index in [0.717, 1.165) is 47.2 Å². The van der Waals surface area contributed by atoms with Gasteiger partial charge >= 0.3 is 0 Å². The smallest absolute Gasteiger partial charge is 0.258 e. The standard InChI is InChI=1S/C42H44F2N7O4P.H2/c1-23-15-31-33(48(2)41(23)54)6-3-7-34(31)50-12-4-5-24-17-29(30(39(44)56)19-36(24)50)26(20-45)21-46-27-10-13-49(14-11-27)28-16-25-22-51(42(55)38(25)32(43)18-28)35-8-9-37(52)47-40(35)53;/h3,6-7,15-21,27,35,39H,4-5,8-14,22,45,56H2,1-2H3,(H,47,52,53);1H/b26-20+,46-21?;. The van der Waals surface area contributed by atoms with Crippen molar-refractivity contribution in [3.8, 4) is 0 Å². The lowest BCUT2D eigenvalue weighted by molar-refractivity contribution is -0.136. The van der Waals surface area contributed by atoms with Gasteiger partial charge in [-0.3, -0.25) is 29.5 Å². The molecule has 4 aliphatic heterocycles. The van der Waals surface area contributed by atoms with Gasteiger partial charge in [-0.15, -0.1) is 0 Å². The molecule has 0 spiro atoms. The fraction of sp³-hybridized carbons (Fsp3) is 0.357. The van der Waals surface area contributed by atoms with Gasteiger partial charge in [-0.1, -0.05) is 15.3 Å². The number of rotatable bonds is 7. The lowest BCUT2D eigenvalue weighted by atomic mass is 9.92. The van der Waals surface area contributed by atoms with Gasteiger partial charge in [0, 0.05) is 81.4 Å². The summed E-state index contributed by atoms with van der Waals surface area (Å²) in [5, 5.41) is 3.24. The van der Waals surface area contributed by atoms with Gasteiger partial charge in [0.15, 0.2) is 0 Å². The number of nitrogens with one attached hydrogen (secondary N) is 1. The van der Waals surface area contributed by atoms with Crippen LogP contribution in [0.5, 0.6) is 0 Å². The maximum Gasteiger partial charge on any atom is 0.258 e. The maximum absolute atomic E-state index is 15.5. The number of hydrogen-bond acceptors (Lipinski definition) is 8. The first kappa shape index (κ1) is 37.5. The van der Waals surface area contributed by atoms with E-state index in [1.54, 1.807) is 17.8 Å². The number of nitrogens with two attached hydrogens (primary N) is 1. The highest BCUT2D eigenvalue weighted by Crippen LogP contribution is 2.43. The second kappa shape index (κ2) is 14.9. The number of pyridine rings is 1. The normalized spacial score (nSPS) is 19.9. The Morgan fingerprint density at radius 1 is 1.02 bits per heavy atom. The Kier molecular flexibility index (Phi) is 9.99. The van der Waals surface area contributed by atoms with Gasteiger partial charge in [0.1, 0.15) is 17.8 Å². The van der Waals surface area contributed by atoms with Crippen LogP contribution in [0.2, 0.25) is 0 Å². The zero-order valence-electron chi connectivity index (χ0n) is 31.4. The van der Waals surface area contributed by atoms with Crippen molar-refractivity contribution in [2.24, 2.45) is 17.8 Å². The first-order valence-electron chi connectivity index (χ1n) is 19.0. The number of aromatic nitrogens is 1. The Morgan fingerprint density at radius 2 is 1.80 bits per heavy atom. The van der Waals surface area contributed by atoms with E-state index in [4.69, 9.17) is 10.7 Å². The van der Waals surface area contributed by atoms with E-state index < -0.39 is 29.6 Å². The van der Waals surface area contributed by atoms with Crippen LogP contribution in [0.15, 0.2) is 64.5 Å². The highest BCUT2D eigenvalue weighted by molar-refractivity contribution is 7.16. The molecule has 3 N–H and O–H groups in total. The molecule has 3 unspecified atom stereocenters. The van der Waals surface area contributed by atoms with Crippen LogP contribution in [-0.4, -0.2) is 65.1 Å². The lowest BCUT2D eigenvalue weighted by Gasteiger charge is -2.34. The van der Waals surface area contributed by atoms with Crippen molar-refractivity contribution < 1.29 is 24.6 Å². The molecule has 2 saturated heterocycles. The van der Waals surface area contributed by atoms with Crippen molar-refractivity contribution in [3.63, 3.8) is 0 Å². The van der Waals surface area contributed by atoms with E-state index >= 15 is 8.78 Å². The van der Waals surface area contributed by atoms with Gasteiger partial charge in [-0.25, -0.2) is 8.78 Å². The molecule has 0 radical (unpaired) electrons. The summed E-state index contributed by atoms with van der Waals surface area (Å²) in [5.74, 6) is -3.43. The highest BCUT2D eigenvalue weighted by Gasteiger charge is 2.41. The third kappa shape index (κ3) is 6.65. The summed E-state index contributed by atoms with van der Waals surface area (Å²) in [4.78, 5) is 60.5. The van der Waals surface area contributed by atoms with E-state index in [2.05, 4.69) is 24.4 Å². The summed E-state index contributed by atoms with van der Waals surface area (Å²) in [6.07, 6.45) is 6.62. The molecule has 11 nitrogen and oxygen atoms in total. The third-order valence-corrected chi connectivity index (χ3v) is 12.0. The Balaban J connectivity index is 0.00000496. The topological polar surface area (TPSA) is 133 Å². The van der Waals surface area contributed by atoms with E-state index in [0.29, 0.717) is 59.4 Å². The van der Waals surface area contributed by atoms with Crippen LogP contribution in [0, 0.1) is 12.7 Å². The highest BCUT2D eigenvalue weighted by atomic mass is 31.0. The van der Waals surface area contributed by atoms with Crippen LogP contribution in [0.4, 0.5) is 25.8 Å². The molecule has 292 valence electrons. The second-order valence-corrected chi connectivity index (χ2v) is 15.7. The van der Waals surface area contributed by atoms with Crippen molar-refractivity contribution >= 4 is 66.7 Å². The van der Waals surface area contributed by atoms with Crippen molar-refractivity contribution in [2.45, 2.75) is 70.0 Å². The maximum atomic E-state index is 15.5. The van der Waals surface area contributed by atoms with Crippen LogP contribution in [0.3, 0.4) is 0 Å².